The van der Waals surface area contributed by atoms with Crippen molar-refractivity contribution < 1.29 is 61.9 Å². The Bertz CT molecular complexity index is 1810. The first-order valence-electron chi connectivity index (χ1n) is 25.6. The molecule has 0 saturated carbocycles. The molecule has 3 fully saturated rings. The topological polar surface area (TPSA) is 213 Å². The number of hydrogen-bond acceptors (Lipinski definition) is 16. The molecule has 0 aliphatic carbocycles. The Morgan fingerprint density at radius 1 is 1.04 bits per heavy atom. The number of likely N-dealkylation sites (N-methyl/N-ethyl adjacent to an activating group) is 1. The molecule has 4 rings (SSSR count). The van der Waals surface area contributed by atoms with Crippen LogP contribution >= 0.6 is 0 Å². The number of aliphatic hydroxyl groups is 3. The molecule has 410 valence electrons. The number of benzene rings is 1. The molecule has 16 nitrogen and oxygen atoms in total. The first kappa shape index (κ1) is 61.3. The molecular weight excluding hydrogens is 941 g/mol. The lowest BCUT2D eigenvalue weighted by atomic mass is 9.69. The van der Waals surface area contributed by atoms with Gasteiger partial charge in [-0.3, -0.25) is 10.6 Å². The number of carbonyl (C=O) groups is 1. The van der Waals surface area contributed by atoms with Crippen molar-refractivity contribution in [2.75, 3.05) is 54.1 Å². The van der Waals surface area contributed by atoms with Crippen molar-refractivity contribution in [1.29, 1.82) is 0 Å². The van der Waals surface area contributed by atoms with Crippen molar-refractivity contribution in [3.05, 3.63) is 41.7 Å². The first-order valence-corrected chi connectivity index (χ1v) is 26.9. The molecule has 7 N–H and O–H groups in total. The molecule has 0 aromatic heterocycles. The number of nitrogens with two attached hydrogens (primary N) is 1. The molecule has 0 spiro atoms. The molecule has 0 radical (unpaired) electrons. The van der Waals surface area contributed by atoms with Crippen LogP contribution in [0.15, 0.2) is 41.1 Å². The Hall–Kier alpha value is -2.24. The van der Waals surface area contributed by atoms with E-state index in [1.165, 1.54) is 14.0 Å². The highest BCUT2D eigenvalue weighted by atomic mass is 32.2. The number of hydrogen-bond donors (Lipinski definition) is 6. The van der Waals surface area contributed by atoms with Crippen molar-refractivity contribution in [2.45, 2.75) is 203 Å². The zero-order chi connectivity index (χ0) is 53.2. The highest BCUT2D eigenvalue weighted by Gasteiger charge is 2.53. The standard InChI is InChI=1S/C52H91F2N5O11S/c1-15-43-52(10,63)47(60)36(7)59(12)29-31(2)24-51(9,62)48(34(5)45(35(6)49(61)69-43)42-26-50(8,66-14)25-33(4)67-42)70-44-23-39(22-32(3)68-44)58(11)21-20-38(57-55)28-56-41(27-53)46(65-13)37-16-18-40(19-17-37)71(64)30-54/h16-19,28,31-36,39,41-48,56-57,60,62-63H,15,20-27,29-30,55H2,1-14H3/b38-28-/t31-,32-,33+,34+,35-,36-,39+,41-,42-,43-,44+,45?,46-,47-,48-,50+,51-,52-,71?/m1/s1. The minimum atomic E-state index is -1.77. The number of alkyl halides is 2. The molecule has 3 aliphatic heterocycles. The number of carbonyl (C=O) groups excluding carboxylic acids is 1. The van der Waals surface area contributed by atoms with E-state index in [0.717, 1.165) is 0 Å². The Morgan fingerprint density at radius 3 is 2.28 bits per heavy atom. The Kier molecular flexibility index (Phi) is 23.3. The molecule has 19 heteroatoms. The van der Waals surface area contributed by atoms with E-state index in [-0.39, 0.29) is 30.6 Å². The number of rotatable bonds is 18. The highest BCUT2D eigenvalue weighted by molar-refractivity contribution is 7.91. The summed E-state index contributed by atoms with van der Waals surface area (Å²) in [6.45, 7) is 19.1. The van der Waals surface area contributed by atoms with Gasteiger partial charge in [0.2, 0.25) is 6.01 Å². The molecule has 3 aliphatic rings. The van der Waals surface area contributed by atoms with Crippen molar-refractivity contribution in [2.24, 2.45) is 29.5 Å². The van der Waals surface area contributed by atoms with Crippen LogP contribution in [0.5, 0.6) is 0 Å². The van der Waals surface area contributed by atoms with Gasteiger partial charge in [0, 0.05) is 94.1 Å². The van der Waals surface area contributed by atoms with Crippen LogP contribution in [0, 0.1) is 23.7 Å². The van der Waals surface area contributed by atoms with Crippen LogP contribution < -0.4 is 16.6 Å². The summed E-state index contributed by atoms with van der Waals surface area (Å²) in [6.07, 6.45) is -0.594. The summed E-state index contributed by atoms with van der Waals surface area (Å²) in [5.74, 6) is 3.44. The zero-order valence-corrected chi connectivity index (χ0v) is 45.9. The predicted octanol–water partition coefficient (Wildman–Crippen LogP) is 5.65. The third kappa shape index (κ3) is 15.9. The average Bonchev–Trinajstić information content (AvgIpc) is 3.32. The largest absolute Gasteiger partial charge is 0.609 e. The van der Waals surface area contributed by atoms with E-state index in [9.17, 15) is 33.4 Å². The van der Waals surface area contributed by atoms with Crippen molar-refractivity contribution >= 4 is 17.1 Å². The minimum Gasteiger partial charge on any atom is -0.609 e. The molecule has 3 saturated heterocycles. The number of esters is 1. The van der Waals surface area contributed by atoms with E-state index in [1.807, 2.05) is 74.4 Å². The smallest absolute Gasteiger partial charge is 0.309 e. The molecule has 1 aromatic rings. The second-order valence-corrected chi connectivity index (χ2v) is 23.2. The van der Waals surface area contributed by atoms with Gasteiger partial charge in [0.15, 0.2) is 11.2 Å². The normalized spacial score (nSPS) is 38.9. The van der Waals surface area contributed by atoms with Gasteiger partial charge in [0.25, 0.3) is 0 Å². The van der Waals surface area contributed by atoms with Crippen molar-refractivity contribution in [1.82, 2.24) is 20.5 Å². The van der Waals surface area contributed by atoms with E-state index < -0.39 is 113 Å². The van der Waals surface area contributed by atoms with Gasteiger partial charge >= 0.3 is 5.97 Å². The van der Waals surface area contributed by atoms with E-state index in [4.69, 9.17) is 34.3 Å². The van der Waals surface area contributed by atoms with Crippen molar-refractivity contribution in [3.8, 4) is 0 Å². The molecule has 3 heterocycles. The number of halogens is 2. The van der Waals surface area contributed by atoms with Crippen molar-refractivity contribution in [3.63, 3.8) is 0 Å². The Labute approximate surface area is 426 Å². The quantitative estimate of drug-likeness (QED) is 0.0454. The van der Waals surface area contributed by atoms with Crippen LogP contribution in [0.4, 0.5) is 8.78 Å². The fourth-order valence-electron chi connectivity index (χ4n) is 11.7. The van der Waals surface area contributed by atoms with Crippen LogP contribution in [0.1, 0.15) is 126 Å². The number of ether oxygens (including phenoxy) is 6. The summed E-state index contributed by atoms with van der Waals surface area (Å²) in [5.41, 5.74) is 0.196. The average molecular weight is 1030 g/mol. The number of nitrogens with one attached hydrogen (secondary N) is 2. The summed E-state index contributed by atoms with van der Waals surface area (Å²) in [6, 6.07) is 4.07. The minimum absolute atomic E-state index is 0.0155. The zero-order valence-electron chi connectivity index (χ0n) is 45.1. The molecule has 1 aromatic carbocycles. The molecule has 19 atom stereocenters. The molecule has 71 heavy (non-hydrogen) atoms. The van der Waals surface area contributed by atoms with Gasteiger partial charge in [0.1, 0.15) is 30.6 Å². The van der Waals surface area contributed by atoms with Gasteiger partial charge in [-0.2, -0.15) is 4.39 Å². The van der Waals surface area contributed by atoms with Gasteiger partial charge in [-0.15, -0.1) is 0 Å². The number of hydrazine groups is 1. The lowest BCUT2D eigenvalue weighted by molar-refractivity contribution is -0.271. The van der Waals surface area contributed by atoms with Gasteiger partial charge in [-0.25, -0.2) is 4.39 Å². The monoisotopic (exact) mass is 1030 g/mol. The van der Waals surface area contributed by atoms with Crippen LogP contribution in [-0.4, -0.2) is 168 Å². The maximum Gasteiger partial charge on any atom is 0.309 e. The Balaban J connectivity index is 1.63. The van der Waals surface area contributed by atoms with Crippen LogP contribution in [0.3, 0.4) is 0 Å². The fraction of sp³-hybridized carbons (Fsp3) is 0.827. The van der Waals surface area contributed by atoms with Gasteiger partial charge in [-0.05, 0) is 104 Å². The SMILES string of the molecule is CC[C@H]1OC(=O)[C@H](C)C([C@H]2C[C@@](C)(OC)C[C@H](C)O2)[C@H](C)[C@@H](O[C@H]2C[C@@H](N(C)CC/C(=C/N[C@H](CF)[C@H](OC)c3ccc([S+]([O-])CF)cc3)NN)C[C@@H](C)O2)[C@](C)(O)C[C@@H](C)CN(C)[C@H](C)[C@@H](O)[C@]1(C)O. The Morgan fingerprint density at radius 2 is 1.70 bits per heavy atom. The molecule has 2 unspecified atom stereocenters. The van der Waals surface area contributed by atoms with E-state index in [1.54, 1.807) is 44.5 Å². The predicted molar refractivity (Wildman–Crippen MR) is 270 cm³/mol. The molecule has 0 amide bonds. The summed E-state index contributed by atoms with van der Waals surface area (Å²) < 4.78 is 77.9. The third-order valence-electron chi connectivity index (χ3n) is 15.8. The number of cyclic esters (lactones) is 1. The second-order valence-electron chi connectivity index (χ2n) is 21.8. The van der Waals surface area contributed by atoms with E-state index >= 15 is 0 Å². The molecular formula is C52H91F2N5O11S. The summed E-state index contributed by atoms with van der Waals surface area (Å²) in [4.78, 5) is 19.1. The van der Waals surface area contributed by atoms with E-state index in [0.29, 0.717) is 67.8 Å². The second kappa shape index (κ2) is 27.0. The van der Waals surface area contributed by atoms with Crippen LogP contribution in [-0.2, 0) is 44.4 Å². The first-order chi connectivity index (χ1) is 33.3. The molecule has 0 bridgehead atoms. The number of methoxy groups -OCH3 is 2. The number of nitrogens with zero attached hydrogens (tertiary/aromatic N) is 2. The number of aliphatic hydroxyl groups excluding tert-OH is 1. The fourth-order valence-corrected chi connectivity index (χ4v) is 12.3. The highest BCUT2D eigenvalue weighted by Crippen LogP contribution is 2.45. The van der Waals surface area contributed by atoms with Gasteiger partial charge < -0.3 is 68.8 Å². The van der Waals surface area contributed by atoms with E-state index in [2.05, 4.69) is 15.6 Å². The van der Waals surface area contributed by atoms with Gasteiger partial charge in [-0.1, -0.05) is 39.8 Å². The lowest BCUT2D eigenvalue weighted by Crippen LogP contribution is -2.59. The van der Waals surface area contributed by atoms with Gasteiger partial charge in [0.05, 0.1) is 47.6 Å². The maximum absolute atomic E-state index is 14.6. The summed E-state index contributed by atoms with van der Waals surface area (Å²) in [7, 11) is 7.05. The third-order valence-corrected chi connectivity index (χ3v) is 16.8. The lowest BCUT2D eigenvalue weighted by Gasteiger charge is -2.50. The van der Waals surface area contributed by atoms with Crippen LogP contribution in [0.25, 0.3) is 0 Å². The van der Waals surface area contributed by atoms with Crippen LogP contribution in [0.2, 0.25) is 0 Å². The summed E-state index contributed by atoms with van der Waals surface area (Å²) in [5, 5.41) is 39.6. The maximum atomic E-state index is 14.6. The summed E-state index contributed by atoms with van der Waals surface area (Å²) >= 11 is -1.77.